The Hall–Kier alpha value is -5.06. The zero-order valence-corrected chi connectivity index (χ0v) is 27.1. The predicted octanol–water partition coefficient (Wildman–Crippen LogP) is 7.44. The van der Waals surface area contributed by atoms with Crippen LogP contribution in [0.2, 0.25) is 0 Å². The molecule has 4 aromatic heterocycles. The third-order valence-corrected chi connectivity index (χ3v) is 10.3. The smallest absolute Gasteiger partial charge is 0.265 e. The normalized spacial score (nSPS) is 17.9. The molecule has 0 aliphatic carbocycles. The Labute approximate surface area is 277 Å². The SMILES string of the molecule is CCN1CCC2(CCN(c3ccc(Nc4nccc(-c5c(-c6cccc(NC(=O)c7cccs7)c6)nc6ccccn56)n4)cc3)C2)C1. The summed E-state index contributed by atoms with van der Waals surface area (Å²) in [5, 5.41) is 8.33. The first-order valence-electron chi connectivity index (χ1n) is 16.2. The molecule has 236 valence electrons. The third kappa shape index (κ3) is 5.86. The summed E-state index contributed by atoms with van der Waals surface area (Å²) in [5.74, 6) is 0.378. The van der Waals surface area contributed by atoms with Crippen LogP contribution in [0.3, 0.4) is 0 Å². The Bertz CT molecular complexity index is 2040. The molecule has 47 heavy (non-hydrogen) atoms. The molecule has 0 bridgehead atoms. The molecule has 2 fully saturated rings. The summed E-state index contributed by atoms with van der Waals surface area (Å²) >= 11 is 1.41. The van der Waals surface area contributed by atoms with Crippen LogP contribution < -0.4 is 15.5 Å². The van der Waals surface area contributed by atoms with Crippen LogP contribution in [-0.4, -0.2) is 62.9 Å². The molecule has 6 heterocycles. The minimum absolute atomic E-state index is 0.131. The molecule has 9 nitrogen and oxygen atoms in total. The van der Waals surface area contributed by atoms with Crippen LogP contribution >= 0.6 is 11.3 Å². The Balaban J connectivity index is 1.04. The molecular formula is C37H36N8OS. The summed E-state index contributed by atoms with van der Waals surface area (Å²) in [6.45, 7) is 8.10. The maximum atomic E-state index is 12.8. The van der Waals surface area contributed by atoms with E-state index in [1.807, 2.05) is 76.6 Å². The van der Waals surface area contributed by atoms with E-state index in [4.69, 9.17) is 9.97 Å². The number of nitrogens with zero attached hydrogens (tertiary/aromatic N) is 6. The maximum Gasteiger partial charge on any atom is 0.265 e. The molecule has 1 atom stereocenters. The first-order chi connectivity index (χ1) is 23.1. The Morgan fingerprint density at radius 2 is 1.81 bits per heavy atom. The van der Waals surface area contributed by atoms with E-state index in [2.05, 4.69) is 56.6 Å². The fourth-order valence-corrected chi connectivity index (χ4v) is 7.63. The van der Waals surface area contributed by atoms with Crippen molar-refractivity contribution in [2.75, 3.05) is 48.3 Å². The highest BCUT2D eigenvalue weighted by molar-refractivity contribution is 7.12. The molecule has 2 aliphatic rings. The number of anilines is 4. The fraction of sp³-hybridized carbons (Fsp3) is 0.243. The first-order valence-corrected chi connectivity index (χ1v) is 17.0. The van der Waals surface area contributed by atoms with Crippen LogP contribution in [0.4, 0.5) is 23.0 Å². The Kier molecular flexibility index (Phi) is 7.67. The summed E-state index contributed by atoms with van der Waals surface area (Å²) in [6, 6.07) is 27.9. The van der Waals surface area contributed by atoms with Crippen molar-refractivity contribution in [3.63, 3.8) is 0 Å². The Morgan fingerprint density at radius 1 is 0.915 bits per heavy atom. The summed E-state index contributed by atoms with van der Waals surface area (Å²) in [7, 11) is 0. The monoisotopic (exact) mass is 640 g/mol. The van der Waals surface area contributed by atoms with Crippen LogP contribution in [0.1, 0.15) is 29.4 Å². The van der Waals surface area contributed by atoms with Gasteiger partial charge in [0.2, 0.25) is 5.95 Å². The molecule has 2 saturated heterocycles. The molecule has 1 unspecified atom stereocenters. The van der Waals surface area contributed by atoms with E-state index in [0.717, 1.165) is 53.6 Å². The number of nitrogens with one attached hydrogen (secondary N) is 2. The zero-order chi connectivity index (χ0) is 31.8. The highest BCUT2D eigenvalue weighted by atomic mass is 32.1. The number of hydrogen-bond acceptors (Lipinski definition) is 8. The van der Waals surface area contributed by atoms with Crippen molar-refractivity contribution in [1.29, 1.82) is 0 Å². The number of rotatable bonds is 8. The summed E-state index contributed by atoms with van der Waals surface area (Å²) < 4.78 is 2.04. The van der Waals surface area contributed by atoms with Crippen LogP contribution in [0.25, 0.3) is 28.3 Å². The van der Waals surface area contributed by atoms with E-state index in [-0.39, 0.29) is 5.91 Å². The van der Waals surface area contributed by atoms with E-state index in [1.54, 1.807) is 6.20 Å². The molecule has 0 radical (unpaired) electrons. The second-order valence-electron chi connectivity index (χ2n) is 12.5. The second kappa shape index (κ2) is 12.3. The van der Waals surface area contributed by atoms with Crippen LogP contribution in [0, 0.1) is 5.41 Å². The average Bonchev–Trinajstić information content (AvgIpc) is 3.93. The molecule has 2 aliphatic heterocycles. The first kappa shape index (κ1) is 29.3. The van der Waals surface area contributed by atoms with E-state index in [1.165, 1.54) is 43.0 Å². The minimum atomic E-state index is -0.131. The molecule has 2 aromatic carbocycles. The van der Waals surface area contributed by atoms with Gasteiger partial charge in [-0.3, -0.25) is 9.20 Å². The minimum Gasteiger partial charge on any atom is -0.371 e. The predicted molar refractivity (Wildman–Crippen MR) is 190 cm³/mol. The number of likely N-dealkylation sites (tertiary alicyclic amines) is 1. The lowest BCUT2D eigenvalue weighted by Crippen LogP contribution is -2.30. The number of carbonyl (C=O) groups excluding carboxylic acids is 1. The molecule has 6 aromatic rings. The highest BCUT2D eigenvalue weighted by Crippen LogP contribution is 2.41. The molecule has 1 spiro atoms. The number of hydrogen-bond donors (Lipinski definition) is 2. The number of aromatic nitrogens is 4. The fourth-order valence-electron chi connectivity index (χ4n) is 7.01. The van der Waals surface area contributed by atoms with Gasteiger partial charge in [-0.1, -0.05) is 31.2 Å². The van der Waals surface area contributed by atoms with Gasteiger partial charge < -0.3 is 20.4 Å². The summed E-state index contributed by atoms with van der Waals surface area (Å²) in [5.41, 5.74) is 7.38. The van der Waals surface area contributed by atoms with Crippen molar-refractivity contribution < 1.29 is 4.79 Å². The van der Waals surface area contributed by atoms with Gasteiger partial charge in [0.1, 0.15) is 5.65 Å². The summed E-state index contributed by atoms with van der Waals surface area (Å²) in [4.78, 5) is 33.0. The second-order valence-corrected chi connectivity index (χ2v) is 13.4. The van der Waals surface area contributed by atoms with Gasteiger partial charge in [0, 0.05) is 60.1 Å². The molecule has 1 amide bonds. The molecule has 2 N–H and O–H groups in total. The number of fused-ring (bicyclic) bond motifs is 1. The number of imidazole rings is 1. The maximum absolute atomic E-state index is 12.8. The largest absolute Gasteiger partial charge is 0.371 e. The number of thiophene rings is 1. The number of amides is 1. The molecule has 10 heteroatoms. The van der Waals surface area contributed by atoms with Gasteiger partial charge >= 0.3 is 0 Å². The standard InChI is InChI=1S/C37H36N8OS/c1-2-43-20-16-37(24-43)17-21-44(25-37)29-13-11-27(12-14-29)40-36-38-18-15-30(41-36)34-33(42-32-10-3-4-19-45(32)34)26-7-5-8-28(23-26)39-35(46)31-9-6-22-47-31/h3-15,18-19,22-23H,2,16-17,20-21,24-25H2,1H3,(H,39,46)(H,38,40,41). The zero-order valence-electron chi connectivity index (χ0n) is 26.3. The van der Waals surface area contributed by atoms with Gasteiger partial charge in [-0.2, -0.15) is 0 Å². The number of pyridine rings is 1. The highest BCUT2D eigenvalue weighted by Gasteiger charge is 2.43. The lowest BCUT2D eigenvalue weighted by molar-refractivity contribution is 0.103. The van der Waals surface area contributed by atoms with E-state index in [9.17, 15) is 4.79 Å². The van der Waals surface area contributed by atoms with Crippen LogP contribution in [0.15, 0.2) is 103 Å². The molecule has 8 rings (SSSR count). The van der Waals surface area contributed by atoms with Gasteiger partial charge in [-0.05, 0) is 92.0 Å². The van der Waals surface area contributed by atoms with Gasteiger partial charge in [0.15, 0.2) is 0 Å². The van der Waals surface area contributed by atoms with Crippen molar-refractivity contribution in [3.05, 3.63) is 108 Å². The van der Waals surface area contributed by atoms with Gasteiger partial charge in [0.05, 0.1) is 22.0 Å². The van der Waals surface area contributed by atoms with Gasteiger partial charge in [-0.15, -0.1) is 11.3 Å². The van der Waals surface area contributed by atoms with Crippen molar-refractivity contribution >= 4 is 45.9 Å². The lowest BCUT2D eigenvalue weighted by Gasteiger charge is -2.25. The van der Waals surface area contributed by atoms with E-state index < -0.39 is 0 Å². The average molecular weight is 641 g/mol. The Morgan fingerprint density at radius 3 is 2.64 bits per heavy atom. The quantitative estimate of drug-likeness (QED) is 0.179. The molecular weight excluding hydrogens is 605 g/mol. The summed E-state index contributed by atoms with van der Waals surface area (Å²) in [6.07, 6.45) is 6.33. The van der Waals surface area contributed by atoms with Gasteiger partial charge in [0.25, 0.3) is 5.91 Å². The van der Waals surface area contributed by atoms with Crippen molar-refractivity contribution in [2.45, 2.75) is 19.8 Å². The topological polar surface area (TPSA) is 90.7 Å². The number of benzene rings is 2. The lowest BCUT2D eigenvalue weighted by atomic mass is 9.86. The van der Waals surface area contributed by atoms with Crippen molar-refractivity contribution in [3.8, 4) is 22.6 Å². The number of carbonyl (C=O) groups is 1. The third-order valence-electron chi connectivity index (χ3n) is 9.46. The van der Waals surface area contributed by atoms with E-state index >= 15 is 0 Å². The van der Waals surface area contributed by atoms with Gasteiger partial charge in [-0.25, -0.2) is 15.0 Å². The van der Waals surface area contributed by atoms with Crippen molar-refractivity contribution in [2.24, 2.45) is 5.41 Å². The molecule has 0 saturated carbocycles. The van der Waals surface area contributed by atoms with E-state index in [0.29, 0.717) is 21.9 Å². The van der Waals surface area contributed by atoms with Crippen LogP contribution in [-0.2, 0) is 0 Å². The van der Waals surface area contributed by atoms with Crippen molar-refractivity contribution in [1.82, 2.24) is 24.3 Å². The van der Waals surface area contributed by atoms with Crippen LogP contribution in [0.5, 0.6) is 0 Å².